The first-order chi connectivity index (χ1) is 10.1. The smallest absolute Gasteiger partial charge is 0.409 e. The summed E-state index contributed by atoms with van der Waals surface area (Å²) in [6.07, 6.45) is -0.308. The molecule has 1 amide bonds. The van der Waals surface area contributed by atoms with E-state index in [0.29, 0.717) is 18.9 Å². The van der Waals surface area contributed by atoms with E-state index < -0.39 is 0 Å². The zero-order valence-corrected chi connectivity index (χ0v) is 12.0. The monoisotopic (exact) mass is 290 g/mol. The third-order valence-corrected chi connectivity index (χ3v) is 3.71. The first-order valence-electron chi connectivity index (χ1n) is 6.67. The highest BCUT2D eigenvalue weighted by atomic mass is 16.5. The maximum Gasteiger partial charge on any atom is 0.409 e. The standard InChI is InChI=1S/C13H18N6O2/c1-8-3-4-9(5-11(8)14)12-15-17-19(16-12)10-6-18(7-10)13(20)21-2/h3-5,10,17H,6-7,14H2,1-2H3,(H,15,16). The number of carbonyl (C=O) groups is 1. The highest BCUT2D eigenvalue weighted by Gasteiger charge is 2.38. The number of nitrogens with one attached hydrogen (secondary N) is 2. The van der Waals surface area contributed by atoms with Crippen molar-refractivity contribution in [3.8, 4) is 0 Å². The number of hydrogen-bond donors (Lipinski definition) is 3. The third-order valence-electron chi connectivity index (χ3n) is 3.71. The van der Waals surface area contributed by atoms with Crippen LogP contribution in [-0.4, -0.2) is 48.2 Å². The highest BCUT2D eigenvalue weighted by Crippen LogP contribution is 2.17. The van der Waals surface area contributed by atoms with Crippen molar-refractivity contribution in [2.45, 2.75) is 13.0 Å². The summed E-state index contributed by atoms with van der Waals surface area (Å²) in [5.41, 5.74) is 14.7. The van der Waals surface area contributed by atoms with Crippen LogP contribution in [0, 0.1) is 6.92 Å². The minimum Gasteiger partial charge on any atom is -0.453 e. The number of amides is 1. The first kappa shape index (κ1) is 13.5. The maximum absolute atomic E-state index is 11.3. The fourth-order valence-corrected chi connectivity index (χ4v) is 2.25. The summed E-state index contributed by atoms with van der Waals surface area (Å²) in [7, 11) is 1.38. The van der Waals surface area contributed by atoms with E-state index in [4.69, 9.17) is 5.73 Å². The number of rotatable bonds is 2. The van der Waals surface area contributed by atoms with Crippen LogP contribution in [-0.2, 0) is 4.74 Å². The number of benzene rings is 1. The molecule has 112 valence electrons. The van der Waals surface area contributed by atoms with Gasteiger partial charge in [-0.05, 0) is 18.6 Å². The molecule has 21 heavy (non-hydrogen) atoms. The van der Waals surface area contributed by atoms with Crippen LogP contribution in [0.1, 0.15) is 11.1 Å². The molecule has 0 unspecified atom stereocenters. The Hall–Kier alpha value is -2.48. The van der Waals surface area contributed by atoms with Gasteiger partial charge >= 0.3 is 6.09 Å². The summed E-state index contributed by atoms with van der Waals surface area (Å²) >= 11 is 0. The number of hydrazine groups is 2. The van der Waals surface area contributed by atoms with Crippen LogP contribution in [0.15, 0.2) is 23.3 Å². The van der Waals surface area contributed by atoms with Crippen molar-refractivity contribution >= 4 is 17.6 Å². The molecule has 2 aliphatic heterocycles. The van der Waals surface area contributed by atoms with Crippen molar-refractivity contribution in [2.75, 3.05) is 25.9 Å². The van der Waals surface area contributed by atoms with Gasteiger partial charge < -0.3 is 15.4 Å². The second-order valence-electron chi connectivity index (χ2n) is 5.14. The predicted octanol–water partition coefficient (Wildman–Crippen LogP) is 0.0142. The van der Waals surface area contributed by atoms with E-state index in [-0.39, 0.29) is 12.1 Å². The van der Waals surface area contributed by atoms with E-state index in [1.54, 1.807) is 10.0 Å². The number of hydrazone groups is 1. The Bertz CT molecular complexity index is 596. The molecule has 2 heterocycles. The number of methoxy groups -OCH3 is 1. The number of likely N-dealkylation sites (tertiary alicyclic amines) is 1. The molecular weight excluding hydrogens is 272 g/mol. The van der Waals surface area contributed by atoms with Crippen molar-refractivity contribution in [2.24, 2.45) is 5.10 Å². The molecule has 0 spiro atoms. The molecule has 1 fully saturated rings. The largest absolute Gasteiger partial charge is 0.453 e. The van der Waals surface area contributed by atoms with Crippen LogP contribution in [0.3, 0.4) is 0 Å². The van der Waals surface area contributed by atoms with Crippen molar-refractivity contribution in [1.29, 1.82) is 0 Å². The van der Waals surface area contributed by atoms with Gasteiger partial charge in [-0.1, -0.05) is 12.1 Å². The minimum absolute atomic E-state index is 0.146. The fourth-order valence-electron chi connectivity index (χ4n) is 2.25. The lowest BCUT2D eigenvalue weighted by atomic mass is 10.1. The zero-order chi connectivity index (χ0) is 15.0. The molecule has 0 aromatic heterocycles. The van der Waals surface area contributed by atoms with E-state index in [9.17, 15) is 4.79 Å². The third kappa shape index (κ3) is 2.45. The van der Waals surface area contributed by atoms with Gasteiger partial charge in [0.05, 0.1) is 13.2 Å². The summed E-state index contributed by atoms with van der Waals surface area (Å²) in [6.45, 7) is 3.14. The van der Waals surface area contributed by atoms with Crippen molar-refractivity contribution in [1.82, 2.24) is 21.0 Å². The Morgan fingerprint density at radius 1 is 1.48 bits per heavy atom. The summed E-state index contributed by atoms with van der Waals surface area (Å²) < 4.78 is 4.67. The van der Waals surface area contributed by atoms with Gasteiger partial charge in [0, 0.05) is 24.3 Å². The predicted molar refractivity (Wildman–Crippen MR) is 78.0 cm³/mol. The second kappa shape index (κ2) is 5.13. The molecule has 1 aromatic carbocycles. The number of anilines is 1. The van der Waals surface area contributed by atoms with Crippen LogP contribution >= 0.6 is 0 Å². The maximum atomic E-state index is 11.3. The fraction of sp³-hybridized carbons (Fsp3) is 0.385. The van der Waals surface area contributed by atoms with Crippen molar-refractivity contribution < 1.29 is 9.53 Å². The highest BCUT2D eigenvalue weighted by molar-refractivity contribution is 5.99. The van der Waals surface area contributed by atoms with Gasteiger partial charge in [0.15, 0.2) is 5.84 Å². The van der Waals surface area contributed by atoms with E-state index in [1.807, 2.05) is 25.1 Å². The van der Waals surface area contributed by atoms with Gasteiger partial charge in [-0.3, -0.25) is 5.43 Å². The van der Waals surface area contributed by atoms with Gasteiger partial charge in [-0.25, -0.2) is 10.3 Å². The Morgan fingerprint density at radius 2 is 2.24 bits per heavy atom. The molecule has 0 saturated carbocycles. The quantitative estimate of drug-likeness (QED) is 0.664. The van der Waals surface area contributed by atoms with Crippen LogP contribution in [0.2, 0.25) is 0 Å². The Balaban J connectivity index is 1.58. The van der Waals surface area contributed by atoms with Crippen LogP contribution < -0.4 is 16.7 Å². The molecule has 0 bridgehead atoms. The number of ether oxygens (including phenoxy) is 1. The average Bonchev–Trinajstić information content (AvgIpc) is 2.89. The number of nitrogen functional groups attached to an aromatic ring is 1. The van der Waals surface area contributed by atoms with Gasteiger partial charge in [0.1, 0.15) is 0 Å². The molecule has 0 atom stereocenters. The molecule has 8 nitrogen and oxygen atoms in total. The Morgan fingerprint density at radius 3 is 2.90 bits per heavy atom. The normalized spacial score (nSPS) is 18.6. The molecule has 0 radical (unpaired) electrons. The van der Waals surface area contributed by atoms with Crippen LogP contribution in [0.25, 0.3) is 0 Å². The molecule has 2 aliphatic rings. The lowest BCUT2D eigenvalue weighted by Gasteiger charge is -2.41. The molecule has 4 N–H and O–H groups in total. The molecule has 3 rings (SSSR count). The van der Waals surface area contributed by atoms with E-state index >= 15 is 0 Å². The van der Waals surface area contributed by atoms with Gasteiger partial charge in [0.2, 0.25) is 0 Å². The van der Waals surface area contributed by atoms with Crippen molar-refractivity contribution in [3.63, 3.8) is 0 Å². The van der Waals surface area contributed by atoms with Gasteiger partial charge in [0.25, 0.3) is 0 Å². The molecule has 1 aromatic rings. The van der Waals surface area contributed by atoms with Crippen LogP contribution in [0.4, 0.5) is 10.5 Å². The van der Waals surface area contributed by atoms with Gasteiger partial charge in [-0.2, -0.15) is 0 Å². The number of nitrogens with zero attached hydrogens (tertiary/aromatic N) is 3. The van der Waals surface area contributed by atoms with Crippen molar-refractivity contribution in [3.05, 3.63) is 29.3 Å². The Kier molecular flexibility index (Phi) is 3.30. The van der Waals surface area contributed by atoms with E-state index in [1.165, 1.54) is 7.11 Å². The number of amidine groups is 1. The first-order valence-corrected chi connectivity index (χ1v) is 6.67. The minimum atomic E-state index is -0.308. The zero-order valence-electron chi connectivity index (χ0n) is 12.0. The summed E-state index contributed by atoms with van der Waals surface area (Å²) in [5.74, 6) is 0.707. The number of hydrogen-bond acceptors (Lipinski definition) is 7. The molecular formula is C13H18N6O2. The van der Waals surface area contributed by atoms with E-state index in [2.05, 4.69) is 20.8 Å². The van der Waals surface area contributed by atoms with Gasteiger partial charge in [-0.15, -0.1) is 10.2 Å². The van der Waals surface area contributed by atoms with Crippen LogP contribution in [0.5, 0.6) is 0 Å². The number of aryl methyl sites for hydroxylation is 1. The second-order valence-corrected chi connectivity index (χ2v) is 5.14. The van der Waals surface area contributed by atoms with E-state index in [0.717, 1.165) is 16.8 Å². The molecule has 1 saturated heterocycles. The number of nitrogens with two attached hydrogens (primary N) is 1. The lowest BCUT2D eigenvalue weighted by Crippen LogP contribution is -2.65. The summed E-state index contributed by atoms with van der Waals surface area (Å²) in [6, 6.07) is 5.95. The molecule has 0 aliphatic carbocycles. The summed E-state index contributed by atoms with van der Waals surface area (Å²) in [4.78, 5) is 12.9. The number of carbonyl (C=O) groups excluding carboxylic acids is 1. The topological polar surface area (TPSA) is 95.2 Å². The summed E-state index contributed by atoms with van der Waals surface area (Å²) in [5, 5.41) is 6.02. The average molecular weight is 290 g/mol. The SMILES string of the molecule is COC(=O)N1CC(N2NN=C(c3ccc(C)c(N)c3)N2)C1. The molecule has 8 heteroatoms. The Labute approximate surface area is 122 Å². The lowest BCUT2D eigenvalue weighted by molar-refractivity contribution is -0.00353.